The van der Waals surface area contributed by atoms with Gasteiger partial charge in [-0.15, -0.1) is 0 Å². The van der Waals surface area contributed by atoms with E-state index >= 15 is 0 Å². The summed E-state index contributed by atoms with van der Waals surface area (Å²) in [6.45, 7) is 0.633. The van der Waals surface area contributed by atoms with Gasteiger partial charge in [-0.3, -0.25) is 9.59 Å². The fourth-order valence-corrected chi connectivity index (χ4v) is 5.73. The van der Waals surface area contributed by atoms with Gasteiger partial charge in [-0.05, 0) is 36.1 Å². The molecular formula is C28H30N2O3. The van der Waals surface area contributed by atoms with E-state index in [0.29, 0.717) is 13.0 Å². The smallest absolute Gasteiger partial charge is 0.242 e. The van der Waals surface area contributed by atoms with E-state index in [1.165, 1.54) is 5.56 Å². The normalized spacial score (nSPS) is 24.6. The Balaban J connectivity index is 1.29. The van der Waals surface area contributed by atoms with Crippen molar-refractivity contribution in [1.29, 1.82) is 0 Å². The highest BCUT2D eigenvalue weighted by molar-refractivity contribution is 5.88. The van der Waals surface area contributed by atoms with Crippen LogP contribution in [0.4, 0.5) is 0 Å². The quantitative estimate of drug-likeness (QED) is 0.741. The van der Waals surface area contributed by atoms with Crippen LogP contribution in [0.15, 0.2) is 54.6 Å². The third kappa shape index (κ3) is 4.28. The number of rotatable bonds is 4. The molecule has 2 aromatic carbocycles. The zero-order valence-corrected chi connectivity index (χ0v) is 18.8. The van der Waals surface area contributed by atoms with E-state index in [1.807, 2.05) is 30.3 Å². The van der Waals surface area contributed by atoms with Gasteiger partial charge in [0.05, 0.1) is 25.2 Å². The fraction of sp³-hybridized carbons (Fsp3) is 0.429. The largest absolute Gasteiger partial charge is 0.394 e. The van der Waals surface area contributed by atoms with Crippen LogP contribution in [0.3, 0.4) is 0 Å². The summed E-state index contributed by atoms with van der Waals surface area (Å²) in [6, 6.07) is 18.0. The molecule has 0 aromatic heterocycles. The van der Waals surface area contributed by atoms with Gasteiger partial charge in [0.25, 0.3) is 0 Å². The molecule has 2 heterocycles. The maximum Gasteiger partial charge on any atom is 0.242 e. The van der Waals surface area contributed by atoms with Crippen LogP contribution in [0.25, 0.3) is 0 Å². The van der Waals surface area contributed by atoms with Crippen molar-refractivity contribution in [2.45, 2.75) is 50.1 Å². The molecule has 3 atom stereocenters. The minimum Gasteiger partial charge on any atom is -0.394 e. The molecule has 3 fully saturated rings. The Morgan fingerprint density at radius 1 is 1.03 bits per heavy atom. The summed E-state index contributed by atoms with van der Waals surface area (Å²) in [5, 5.41) is 10.0. The lowest BCUT2D eigenvalue weighted by atomic mass is 9.73. The number of fused-ring (bicyclic) bond motifs is 1. The molecule has 0 spiro atoms. The van der Waals surface area contributed by atoms with E-state index in [0.717, 1.165) is 36.8 Å². The zero-order chi connectivity index (χ0) is 22.8. The third-order valence-corrected chi connectivity index (χ3v) is 7.43. The van der Waals surface area contributed by atoms with Crippen molar-refractivity contribution in [3.8, 4) is 11.8 Å². The zero-order valence-electron chi connectivity index (χ0n) is 18.8. The van der Waals surface area contributed by atoms with Crippen molar-refractivity contribution < 1.29 is 14.7 Å². The Morgan fingerprint density at radius 2 is 1.76 bits per heavy atom. The molecule has 2 aromatic rings. The predicted octanol–water partition coefficient (Wildman–Crippen LogP) is 2.97. The lowest BCUT2D eigenvalue weighted by Crippen LogP contribution is -2.73. The van der Waals surface area contributed by atoms with Gasteiger partial charge in [0, 0.05) is 30.4 Å². The van der Waals surface area contributed by atoms with Crippen molar-refractivity contribution in [2.24, 2.45) is 5.92 Å². The number of aliphatic hydroxyl groups excluding tert-OH is 1. The van der Waals surface area contributed by atoms with Crippen LogP contribution in [0, 0.1) is 17.8 Å². The van der Waals surface area contributed by atoms with Gasteiger partial charge in [-0.2, -0.15) is 0 Å². The summed E-state index contributed by atoms with van der Waals surface area (Å²) in [4.78, 5) is 29.3. The molecule has 1 aliphatic carbocycles. The van der Waals surface area contributed by atoms with Crippen LogP contribution in [0.2, 0.25) is 0 Å². The molecule has 5 nitrogen and oxygen atoms in total. The highest BCUT2D eigenvalue weighted by atomic mass is 16.3. The second kappa shape index (κ2) is 9.41. The lowest BCUT2D eigenvalue weighted by Gasteiger charge is -2.59. The standard InChI is InChI=1S/C28H30N2O3/c31-19-25-27(22-15-13-21(14-16-22)10-6-9-20-7-2-1-3-8-20)24-17-29(18-26(32)30(24)25)28(33)23-11-4-5-12-23/h1-3,7-8,13-16,23-25,27,31H,4-5,9,11-12,17-19H2/t24-,25-,27-/m1/s1. The summed E-state index contributed by atoms with van der Waals surface area (Å²) in [6.07, 6.45) is 4.79. The minimum atomic E-state index is -0.221. The molecule has 1 N–H and O–H groups in total. The molecule has 2 aliphatic heterocycles. The molecule has 170 valence electrons. The second-order valence-electron chi connectivity index (χ2n) is 9.43. The summed E-state index contributed by atoms with van der Waals surface area (Å²) >= 11 is 0. The number of piperazine rings is 1. The molecule has 2 amide bonds. The van der Waals surface area contributed by atoms with Crippen molar-refractivity contribution in [2.75, 3.05) is 19.7 Å². The molecule has 0 radical (unpaired) electrons. The van der Waals surface area contributed by atoms with Gasteiger partial charge in [0.15, 0.2) is 0 Å². The molecular weight excluding hydrogens is 412 g/mol. The number of nitrogens with zero attached hydrogens (tertiary/aromatic N) is 2. The summed E-state index contributed by atoms with van der Waals surface area (Å²) < 4.78 is 0. The Kier molecular flexibility index (Phi) is 6.20. The topological polar surface area (TPSA) is 60.9 Å². The Bertz CT molecular complexity index is 1060. The maximum atomic E-state index is 13.0. The number of benzene rings is 2. The predicted molar refractivity (Wildman–Crippen MR) is 126 cm³/mol. The summed E-state index contributed by atoms with van der Waals surface area (Å²) in [7, 11) is 0. The Labute approximate surface area is 195 Å². The molecule has 5 heteroatoms. The van der Waals surface area contributed by atoms with Crippen LogP contribution in [0.5, 0.6) is 0 Å². The third-order valence-electron chi connectivity index (χ3n) is 7.43. The first-order valence-electron chi connectivity index (χ1n) is 12.0. The second-order valence-corrected chi connectivity index (χ2v) is 9.43. The van der Waals surface area contributed by atoms with Crippen LogP contribution >= 0.6 is 0 Å². The van der Waals surface area contributed by atoms with Gasteiger partial charge in [0.2, 0.25) is 11.8 Å². The van der Waals surface area contributed by atoms with Crippen molar-refractivity contribution in [1.82, 2.24) is 9.80 Å². The average molecular weight is 443 g/mol. The number of amides is 2. The van der Waals surface area contributed by atoms with E-state index in [4.69, 9.17) is 0 Å². The Morgan fingerprint density at radius 3 is 2.45 bits per heavy atom. The maximum absolute atomic E-state index is 13.0. The lowest BCUT2D eigenvalue weighted by molar-refractivity contribution is -0.168. The van der Waals surface area contributed by atoms with Crippen LogP contribution in [-0.4, -0.2) is 58.5 Å². The van der Waals surface area contributed by atoms with Gasteiger partial charge in [-0.1, -0.05) is 67.1 Å². The highest BCUT2D eigenvalue weighted by Crippen LogP contribution is 2.43. The van der Waals surface area contributed by atoms with E-state index in [1.54, 1.807) is 9.80 Å². The fourth-order valence-electron chi connectivity index (χ4n) is 5.73. The van der Waals surface area contributed by atoms with E-state index in [2.05, 4.69) is 36.1 Å². The van der Waals surface area contributed by atoms with Crippen molar-refractivity contribution >= 4 is 11.8 Å². The van der Waals surface area contributed by atoms with E-state index in [-0.39, 0.29) is 48.9 Å². The van der Waals surface area contributed by atoms with Gasteiger partial charge in [-0.25, -0.2) is 0 Å². The van der Waals surface area contributed by atoms with Crippen molar-refractivity contribution in [3.63, 3.8) is 0 Å². The number of carbonyl (C=O) groups excluding carboxylic acids is 2. The SMILES string of the molecule is O=C(C1CCCC1)N1CC(=O)N2[C@H](CO)[C@H](c3ccc(C#CCc4ccccc4)cc3)[C@H]2C1. The number of hydrogen-bond acceptors (Lipinski definition) is 3. The van der Waals surface area contributed by atoms with Gasteiger partial charge < -0.3 is 14.9 Å². The molecule has 33 heavy (non-hydrogen) atoms. The van der Waals surface area contributed by atoms with Crippen LogP contribution in [0.1, 0.15) is 48.3 Å². The number of carbonyl (C=O) groups is 2. The monoisotopic (exact) mass is 442 g/mol. The molecule has 5 rings (SSSR count). The van der Waals surface area contributed by atoms with E-state index < -0.39 is 0 Å². The first-order valence-corrected chi connectivity index (χ1v) is 12.0. The summed E-state index contributed by atoms with van der Waals surface area (Å²) in [5.41, 5.74) is 3.23. The first kappa shape index (κ1) is 21.7. The number of aliphatic hydroxyl groups is 1. The Hall–Kier alpha value is -3.10. The summed E-state index contributed by atoms with van der Waals surface area (Å²) in [5.74, 6) is 6.64. The van der Waals surface area contributed by atoms with Crippen molar-refractivity contribution in [3.05, 3.63) is 71.3 Å². The molecule has 0 bridgehead atoms. The van der Waals surface area contributed by atoms with E-state index in [9.17, 15) is 14.7 Å². The number of hydrogen-bond donors (Lipinski definition) is 1. The average Bonchev–Trinajstić information content (AvgIpc) is 3.37. The molecule has 1 saturated carbocycles. The highest BCUT2D eigenvalue weighted by Gasteiger charge is 2.54. The van der Waals surface area contributed by atoms with Crippen LogP contribution in [-0.2, 0) is 16.0 Å². The van der Waals surface area contributed by atoms with Crippen LogP contribution < -0.4 is 0 Å². The molecule has 3 aliphatic rings. The first-order chi connectivity index (χ1) is 16.2. The molecule has 2 saturated heterocycles. The van der Waals surface area contributed by atoms with Gasteiger partial charge >= 0.3 is 0 Å². The molecule has 0 unspecified atom stereocenters. The minimum absolute atomic E-state index is 0.0319. The van der Waals surface area contributed by atoms with Gasteiger partial charge in [0.1, 0.15) is 0 Å².